The van der Waals surface area contributed by atoms with Gasteiger partial charge in [-0.3, -0.25) is 9.59 Å². The fraction of sp³-hybridized carbons (Fsp3) is 0.263. The molecule has 0 aliphatic carbocycles. The first kappa shape index (κ1) is 17.8. The maximum atomic E-state index is 12.2. The average molecular weight is 368 g/mol. The number of carbonyl (C=O) groups is 2. The van der Waals surface area contributed by atoms with Crippen LogP contribution in [0, 0.1) is 25.2 Å². The summed E-state index contributed by atoms with van der Waals surface area (Å²) in [6, 6.07) is 7.63. The van der Waals surface area contributed by atoms with Crippen LogP contribution in [0.2, 0.25) is 0 Å². The van der Waals surface area contributed by atoms with Gasteiger partial charge in [0.15, 0.2) is 18.3 Å². The Labute approximate surface area is 154 Å². The Balaban J connectivity index is 1.61. The van der Waals surface area contributed by atoms with E-state index in [1.165, 1.54) is 17.6 Å². The average Bonchev–Trinajstić information content (AvgIpc) is 3.20. The minimum Gasteiger partial charge on any atom is -0.464 e. The summed E-state index contributed by atoms with van der Waals surface area (Å²) in [4.78, 5) is 28.4. The predicted octanol–water partition coefficient (Wildman–Crippen LogP) is 3.47. The smallest absolute Gasteiger partial charge is 0.310 e. The molecule has 2 heterocycles. The quantitative estimate of drug-likeness (QED) is 0.619. The van der Waals surface area contributed by atoms with Crippen molar-refractivity contribution in [3.8, 4) is 6.07 Å². The van der Waals surface area contributed by atoms with Gasteiger partial charge in [0.25, 0.3) is 0 Å². The van der Waals surface area contributed by atoms with Crippen LogP contribution in [-0.4, -0.2) is 23.3 Å². The lowest BCUT2D eigenvalue weighted by Gasteiger charge is -2.06. The summed E-state index contributed by atoms with van der Waals surface area (Å²) in [5.41, 5.74) is 3.21. The van der Waals surface area contributed by atoms with E-state index < -0.39 is 24.3 Å². The zero-order valence-electron chi connectivity index (χ0n) is 14.3. The summed E-state index contributed by atoms with van der Waals surface area (Å²) < 4.78 is 10.5. The van der Waals surface area contributed by atoms with Crippen LogP contribution in [0.15, 0.2) is 34.3 Å². The summed E-state index contributed by atoms with van der Waals surface area (Å²) in [6.07, 6.45) is 1.51. The van der Waals surface area contributed by atoms with E-state index in [1.807, 2.05) is 31.2 Å². The number of ketones is 1. The number of thiazole rings is 1. The second-order valence-corrected chi connectivity index (χ2v) is 6.84. The molecule has 0 N–H and O–H groups in total. The number of Topliss-reactive ketones (excluding diaryl/α,β-unsaturated/α-hetero) is 1. The molecule has 3 aromatic rings. The van der Waals surface area contributed by atoms with Crippen molar-refractivity contribution in [2.75, 3.05) is 6.61 Å². The molecule has 7 heteroatoms. The van der Waals surface area contributed by atoms with Crippen molar-refractivity contribution in [3.05, 3.63) is 51.7 Å². The highest BCUT2D eigenvalue weighted by Gasteiger charge is 2.24. The molecule has 26 heavy (non-hydrogen) atoms. The fourth-order valence-electron chi connectivity index (χ4n) is 2.54. The standard InChI is InChI=1S/C19H16N2O4S/c1-11-3-4-14-13(8-24-17(14)5-11)6-18(23)25-9-16(22)15(7-20)19-21-12(2)10-26-19/h3-5,8,10,15H,6,9H2,1-2H3/t15-/m1/s1. The van der Waals surface area contributed by atoms with Crippen LogP contribution in [0.1, 0.15) is 27.7 Å². The minimum absolute atomic E-state index is 0.00305. The lowest BCUT2D eigenvalue weighted by molar-refractivity contribution is -0.147. The minimum atomic E-state index is -1.01. The van der Waals surface area contributed by atoms with Crippen molar-refractivity contribution in [3.63, 3.8) is 0 Å². The van der Waals surface area contributed by atoms with Gasteiger partial charge in [-0.05, 0) is 25.5 Å². The van der Waals surface area contributed by atoms with Gasteiger partial charge in [0, 0.05) is 22.0 Å². The van der Waals surface area contributed by atoms with Crippen LogP contribution in [0.4, 0.5) is 0 Å². The molecule has 0 bridgehead atoms. The molecule has 1 atom stereocenters. The number of rotatable bonds is 6. The van der Waals surface area contributed by atoms with Crippen LogP contribution < -0.4 is 0 Å². The van der Waals surface area contributed by atoms with Crippen molar-refractivity contribution in [2.45, 2.75) is 26.2 Å². The molecule has 2 aromatic heterocycles. The second-order valence-electron chi connectivity index (χ2n) is 5.95. The van der Waals surface area contributed by atoms with E-state index in [0.717, 1.165) is 16.6 Å². The Morgan fingerprint density at radius 3 is 2.88 bits per heavy atom. The third-order valence-corrected chi connectivity index (χ3v) is 4.88. The first-order chi connectivity index (χ1) is 12.5. The monoisotopic (exact) mass is 368 g/mol. The number of fused-ring (bicyclic) bond motifs is 1. The van der Waals surface area contributed by atoms with Crippen molar-refractivity contribution < 1.29 is 18.7 Å². The molecule has 0 aliphatic heterocycles. The Bertz CT molecular complexity index is 1010. The molecule has 0 saturated carbocycles. The number of aromatic nitrogens is 1. The van der Waals surface area contributed by atoms with Gasteiger partial charge in [0.05, 0.1) is 18.8 Å². The molecule has 0 unspecified atom stereocenters. The van der Waals surface area contributed by atoms with Gasteiger partial charge >= 0.3 is 5.97 Å². The van der Waals surface area contributed by atoms with E-state index >= 15 is 0 Å². The van der Waals surface area contributed by atoms with Crippen LogP contribution in [-0.2, 0) is 20.7 Å². The lowest BCUT2D eigenvalue weighted by atomic mass is 10.1. The second kappa shape index (κ2) is 7.50. The van der Waals surface area contributed by atoms with Crippen molar-refractivity contribution in [1.82, 2.24) is 4.98 Å². The number of benzene rings is 1. The molecule has 0 radical (unpaired) electrons. The van der Waals surface area contributed by atoms with Crippen molar-refractivity contribution in [1.29, 1.82) is 5.26 Å². The number of ether oxygens (including phenoxy) is 1. The number of nitriles is 1. The molecular formula is C19H16N2O4S. The number of furan rings is 1. The molecule has 132 valence electrons. The highest BCUT2D eigenvalue weighted by atomic mass is 32.1. The zero-order valence-corrected chi connectivity index (χ0v) is 15.1. The summed E-state index contributed by atoms with van der Waals surface area (Å²) in [6.45, 7) is 3.29. The molecule has 3 rings (SSSR count). The Morgan fingerprint density at radius 1 is 1.38 bits per heavy atom. The molecule has 6 nitrogen and oxygen atoms in total. The van der Waals surface area contributed by atoms with Crippen LogP contribution in [0.3, 0.4) is 0 Å². The van der Waals surface area contributed by atoms with Crippen LogP contribution in [0.25, 0.3) is 11.0 Å². The van der Waals surface area contributed by atoms with E-state index in [2.05, 4.69) is 4.98 Å². The third kappa shape index (κ3) is 3.81. The number of aryl methyl sites for hydroxylation is 2. The first-order valence-electron chi connectivity index (χ1n) is 7.94. The maximum Gasteiger partial charge on any atom is 0.310 e. The van der Waals surface area contributed by atoms with Crippen molar-refractivity contribution >= 4 is 34.1 Å². The summed E-state index contributed by atoms with van der Waals surface area (Å²) in [7, 11) is 0. The van der Waals surface area contributed by atoms with Gasteiger partial charge < -0.3 is 9.15 Å². The number of nitrogens with zero attached hydrogens (tertiary/aromatic N) is 2. The fourth-order valence-corrected chi connectivity index (χ4v) is 3.40. The highest BCUT2D eigenvalue weighted by molar-refractivity contribution is 7.09. The largest absolute Gasteiger partial charge is 0.464 e. The molecule has 0 spiro atoms. The summed E-state index contributed by atoms with van der Waals surface area (Å²) >= 11 is 1.24. The lowest BCUT2D eigenvalue weighted by Crippen LogP contribution is -2.20. The number of carbonyl (C=O) groups excluding carboxylic acids is 2. The van der Waals surface area contributed by atoms with Gasteiger partial charge in [0.2, 0.25) is 0 Å². The first-order valence-corrected chi connectivity index (χ1v) is 8.82. The van der Waals surface area contributed by atoms with Gasteiger partial charge in [0.1, 0.15) is 10.6 Å². The van der Waals surface area contributed by atoms with E-state index in [4.69, 9.17) is 9.15 Å². The SMILES string of the molecule is Cc1ccc2c(CC(=O)OCC(=O)[C@@H](C#N)c3nc(C)cs3)coc2c1. The van der Waals surface area contributed by atoms with E-state index in [0.29, 0.717) is 16.2 Å². The third-order valence-electron chi connectivity index (χ3n) is 3.86. The number of hydrogen-bond donors (Lipinski definition) is 0. The van der Waals surface area contributed by atoms with Crippen LogP contribution >= 0.6 is 11.3 Å². The summed E-state index contributed by atoms with van der Waals surface area (Å²) in [5, 5.41) is 12.2. The Hall–Kier alpha value is -2.98. The van der Waals surface area contributed by atoms with Gasteiger partial charge in [-0.15, -0.1) is 11.3 Å². The Morgan fingerprint density at radius 2 is 2.19 bits per heavy atom. The van der Waals surface area contributed by atoms with E-state index in [9.17, 15) is 14.9 Å². The topological polar surface area (TPSA) is 93.2 Å². The zero-order chi connectivity index (χ0) is 18.7. The number of esters is 1. The van der Waals surface area contributed by atoms with E-state index in [1.54, 1.807) is 12.3 Å². The maximum absolute atomic E-state index is 12.2. The number of hydrogen-bond acceptors (Lipinski definition) is 7. The molecular weight excluding hydrogens is 352 g/mol. The van der Waals surface area contributed by atoms with Gasteiger partial charge in [-0.2, -0.15) is 5.26 Å². The normalized spacial score (nSPS) is 11.9. The predicted molar refractivity (Wildman–Crippen MR) is 95.8 cm³/mol. The Kier molecular flexibility index (Phi) is 5.14. The molecule has 0 saturated heterocycles. The molecule has 1 aromatic carbocycles. The molecule has 0 aliphatic rings. The van der Waals surface area contributed by atoms with Crippen molar-refractivity contribution in [2.24, 2.45) is 0 Å². The molecule has 0 amide bonds. The van der Waals surface area contributed by atoms with Gasteiger partial charge in [-0.1, -0.05) is 12.1 Å². The molecule has 0 fully saturated rings. The summed E-state index contributed by atoms with van der Waals surface area (Å²) in [5.74, 6) is -2.05. The van der Waals surface area contributed by atoms with Crippen LogP contribution in [0.5, 0.6) is 0 Å². The highest BCUT2D eigenvalue weighted by Crippen LogP contribution is 2.23. The van der Waals surface area contributed by atoms with E-state index in [-0.39, 0.29) is 6.42 Å². The van der Waals surface area contributed by atoms with Gasteiger partial charge in [-0.25, -0.2) is 4.98 Å².